The van der Waals surface area contributed by atoms with Gasteiger partial charge in [0.1, 0.15) is 0 Å². The van der Waals surface area contributed by atoms with Crippen molar-refractivity contribution in [2.75, 3.05) is 13.1 Å². The molecule has 9 heavy (non-hydrogen) atoms. The maximum Gasteiger partial charge on any atom is 0.00105 e. The molecule has 1 saturated carbocycles. The Labute approximate surface area is 56.8 Å². The van der Waals surface area contributed by atoms with Gasteiger partial charge in [-0.25, -0.2) is 0 Å². The molecule has 2 unspecified atom stereocenters. The van der Waals surface area contributed by atoms with Crippen LogP contribution in [0.25, 0.3) is 0 Å². The van der Waals surface area contributed by atoms with E-state index in [0.29, 0.717) is 0 Å². The maximum absolute atomic E-state index is 3.47. The van der Waals surface area contributed by atoms with Gasteiger partial charge in [-0.1, -0.05) is 6.92 Å². The predicted octanol–water partition coefficient (Wildman–Crippen LogP) is 1.40. The number of nitrogens with one attached hydrogen (secondary N) is 1. The summed E-state index contributed by atoms with van der Waals surface area (Å²) < 4.78 is 0. The molecule has 1 N–H and O–H groups in total. The van der Waals surface area contributed by atoms with Gasteiger partial charge >= 0.3 is 0 Å². The second-order valence-corrected chi connectivity index (χ2v) is 3.75. The molecule has 0 radical (unpaired) electrons. The highest BCUT2D eigenvalue weighted by atomic mass is 14.9. The second kappa shape index (κ2) is 1.72. The van der Waals surface area contributed by atoms with Crippen LogP contribution in [-0.2, 0) is 0 Å². The zero-order valence-corrected chi connectivity index (χ0v) is 6.11. The molecular formula is C8H15N. The highest BCUT2D eigenvalue weighted by molar-refractivity contribution is 5.02. The Balaban J connectivity index is 1.97. The SMILES string of the molecule is CC1CC12CCCNC2. The van der Waals surface area contributed by atoms with Crippen molar-refractivity contribution in [2.45, 2.75) is 26.2 Å². The van der Waals surface area contributed by atoms with Crippen LogP contribution in [0.3, 0.4) is 0 Å². The van der Waals surface area contributed by atoms with Crippen molar-refractivity contribution < 1.29 is 0 Å². The highest BCUT2D eigenvalue weighted by Crippen LogP contribution is 2.55. The third-order valence-electron chi connectivity index (χ3n) is 3.10. The van der Waals surface area contributed by atoms with E-state index in [4.69, 9.17) is 0 Å². The molecule has 2 aliphatic rings. The molecule has 1 heterocycles. The first-order chi connectivity index (χ1) is 4.33. The van der Waals surface area contributed by atoms with Crippen LogP contribution in [0.5, 0.6) is 0 Å². The number of piperidine rings is 1. The fourth-order valence-electron chi connectivity index (χ4n) is 2.14. The molecule has 0 amide bonds. The summed E-state index contributed by atoms with van der Waals surface area (Å²) in [6, 6.07) is 0. The average molecular weight is 125 g/mol. The van der Waals surface area contributed by atoms with E-state index in [-0.39, 0.29) is 0 Å². The molecule has 52 valence electrons. The summed E-state index contributed by atoms with van der Waals surface area (Å²) in [5.41, 5.74) is 0.776. The minimum atomic E-state index is 0.776. The quantitative estimate of drug-likeness (QED) is 0.516. The Morgan fingerprint density at radius 1 is 1.56 bits per heavy atom. The molecule has 0 bridgehead atoms. The third-order valence-corrected chi connectivity index (χ3v) is 3.10. The van der Waals surface area contributed by atoms with Gasteiger partial charge in [0.05, 0.1) is 0 Å². The molecule has 1 heteroatoms. The lowest BCUT2D eigenvalue weighted by molar-refractivity contribution is 0.334. The lowest BCUT2D eigenvalue weighted by Gasteiger charge is -2.22. The molecule has 1 nitrogen and oxygen atoms in total. The van der Waals surface area contributed by atoms with Crippen LogP contribution in [0.4, 0.5) is 0 Å². The normalized spacial score (nSPS) is 49.7. The monoisotopic (exact) mass is 125 g/mol. The summed E-state index contributed by atoms with van der Waals surface area (Å²) in [5, 5.41) is 3.47. The van der Waals surface area contributed by atoms with E-state index in [2.05, 4.69) is 12.2 Å². The molecule has 0 aromatic rings. The number of hydrogen-bond donors (Lipinski definition) is 1. The molecule has 0 aromatic heterocycles. The minimum Gasteiger partial charge on any atom is -0.316 e. The van der Waals surface area contributed by atoms with E-state index < -0.39 is 0 Å². The number of rotatable bonds is 0. The first-order valence-corrected chi connectivity index (χ1v) is 4.04. The van der Waals surface area contributed by atoms with Gasteiger partial charge in [0.15, 0.2) is 0 Å². The standard InChI is InChI=1S/C8H15N/c1-7-5-8(7)3-2-4-9-6-8/h7,9H,2-6H2,1H3. The molecule has 2 rings (SSSR count). The molecule has 1 spiro atoms. The first kappa shape index (κ1) is 5.72. The Hall–Kier alpha value is -0.0400. The van der Waals surface area contributed by atoms with E-state index in [1.165, 1.54) is 32.4 Å². The van der Waals surface area contributed by atoms with Crippen LogP contribution in [0, 0.1) is 11.3 Å². The van der Waals surface area contributed by atoms with Gasteiger partial charge in [-0.2, -0.15) is 0 Å². The van der Waals surface area contributed by atoms with Crippen molar-refractivity contribution in [3.63, 3.8) is 0 Å². The third kappa shape index (κ3) is 0.787. The molecule has 2 atom stereocenters. The zero-order chi connectivity index (χ0) is 6.32. The van der Waals surface area contributed by atoms with Gasteiger partial charge < -0.3 is 5.32 Å². The maximum atomic E-state index is 3.47. The van der Waals surface area contributed by atoms with Crippen LogP contribution in [-0.4, -0.2) is 13.1 Å². The van der Waals surface area contributed by atoms with E-state index in [1.807, 2.05) is 0 Å². The summed E-state index contributed by atoms with van der Waals surface area (Å²) in [6.45, 7) is 4.94. The lowest BCUT2D eigenvalue weighted by atomic mass is 9.94. The topological polar surface area (TPSA) is 12.0 Å². The van der Waals surface area contributed by atoms with E-state index in [9.17, 15) is 0 Å². The summed E-state index contributed by atoms with van der Waals surface area (Å²) in [7, 11) is 0. The van der Waals surface area contributed by atoms with Crippen molar-refractivity contribution in [3.05, 3.63) is 0 Å². The molecule has 1 aliphatic carbocycles. The smallest absolute Gasteiger partial charge is 0.00105 e. The van der Waals surface area contributed by atoms with Crippen LogP contribution >= 0.6 is 0 Å². The van der Waals surface area contributed by atoms with E-state index in [1.54, 1.807) is 0 Å². The lowest BCUT2D eigenvalue weighted by Crippen LogP contribution is -2.31. The zero-order valence-electron chi connectivity index (χ0n) is 6.11. The van der Waals surface area contributed by atoms with Gasteiger partial charge in [0, 0.05) is 6.54 Å². The molecule has 0 aromatic carbocycles. The fourth-order valence-corrected chi connectivity index (χ4v) is 2.14. The summed E-state index contributed by atoms with van der Waals surface area (Å²) >= 11 is 0. The van der Waals surface area contributed by atoms with Crippen molar-refractivity contribution >= 4 is 0 Å². The van der Waals surface area contributed by atoms with Gasteiger partial charge in [0.25, 0.3) is 0 Å². The van der Waals surface area contributed by atoms with Crippen LogP contribution < -0.4 is 5.32 Å². The Kier molecular flexibility index (Phi) is 1.10. The number of hydrogen-bond acceptors (Lipinski definition) is 1. The predicted molar refractivity (Wildman–Crippen MR) is 38.3 cm³/mol. The van der Waals surface area contributed by atoms with E-state index in [0.717, 1.165) is 11.3 Å². The van der Waals surface area contributed by atoms with Crippen molar-refractivity contribution in [1.82, 2.24) is 5.32 Å². The molecular weight excluding hydrogens is 110 g/mol. The van der Waals surface area contributed by atoms with Crippen molar-refractivity contribution in [1.29, 1.82) is 0 Å². The molecule has 2 fully saturated rings. The van der Waals surface area contributed by atoms with Crippen molar-refractivity contribution in [2.24, 2.45) is 11.3 Å². The van der Waals surface area contributed by atoms with Crippen LogP contribution in [0.2, 0.25) is 0 Å². The van der Waals surface area contributed by atoms with Gasteiger partial charge in [0.2, 0.25) is 0 Å². The van der Waals surface area contributed by atoms with Crippen LogP contribution in [0.1, 0.15) is 26.2 Å². The van der Waals surface area contributed by atoms with Crippen molar-refractivity contribution in [3.8, 4) is 0 Å². The second-order valence-electron chi connectivity index (χ2n) is 3.75. The average Bonchev–Trinajstić information content (AvgIpc) is 2.44. The Morgan fingerprint density at radius 2 is 2.33 bits per heavy atom. The Bertz CT molecular complexity index is 114. The Morgan fingerprint density at radius 3 is 2.67 bits per heavy atom. The summed E-state index contributed by atoms with van der Waals surface area (Å²) in [4.78, 5) is 0. The van der Waals surface area contributed by atoms with Gasteiger partial charge in [-0.05, 0) is 37.1 Å². The van der Waals surface area contributed by atoms with E-state index >= 15 is 0 Å². The summed E-state index contributed by atoms with van der Waals surface area (Å²) in [6.07, 6.45) is 4.38. The van der Waals surface area contributed by atoms with Crippen LogP contribution in [0.15, 0.2) is 0 Å². The highest BCUT2D eigenvalue weighted by Gasteiger charge is 2.50. The minimum absolute atomic E-state index is 0.776. The fraction of sp³-hybridized carbons (Fsp3) is 1.00. The van der Waals surface area contributed by atoms with Gasteiger partial charge in [-0.15, -0.1) is 0 Å². The largest absolute Gasteiger partial charge is 0.316 e. The summed E-state index contributed by atoms with van der Waals surface area (Å²) in [5.74, 6) is 1.02. The van der Waals surface area contributed by atoms with Gasteiger partial charge in [-0.3, -0.25) is 0 Å². The molecule has 1 aliphatic heterocycles. The molecule has 1 saturated heterocycles. The first-order valence-electron chi connectivity index (χ1n) is 4.04.